The van der Waals surface area contributed by atoms with Gasteiger partial charge in [-0.15, -0.1) is 0 Å². The first-order chi connectivity index (χ1) is 16.2. The van der Waals surface area contributed by atoms with E-state index in [4.69, 9.17) is 4.98 Å². The fourth-order valence-corrected chi connectivity index (χ4v) is 5.58. The van der Waals surface area contributed by atoms with Gasteiger partial charge in [0.15, 0.2) is 0 Å². The summed E-state index contributed by atoms with van der Waals surface area (Å²) >= 11 is 0. The Balaban J connectivity index is 1.19. The second-order valence-corrected chi connectivity index (χ2v) is 9.51. The molecule has 0 unspecified atom stereocenters. The zero-order valence-electron chi connectivity index (χ0n) is 18.6. The van der Waals surface area contributed by atoms with Gasteiger partial charge in [-0.25, -0.2) is 15.0 Å². The summed E-state index contributed by atoms with van der Waals surface area (Å²) in [5.74, 6) is 1.05. The largest absolute Gasteiger partial charge is 0.390 e. The zero-order valence-corrected chi connectivity index (χ0v) is 18.6. The van der Waals surface area contributed by atoms with Crippen LogP contribution in [0.5, 0.6) is 0 Å². The molecule has 0 radical (unpaired) electrons. The maximum atomic E-state index is 10.8. The van der Waals surface area contributed by atoms with Crippen LogP contribution in [-0.4, -0.2) is 48.5 Å². The van der Waals surface area contributed by atoms with Crippen molar-refractivity contribution in [1.29, 1.82) is 0 Å². The van der Waals surface area contributed by atoms with Crippen LogP contribution in [0, 0.1) is 5.92 Å². The van der Waals surface area contributed by atoms with Gasteiger partial charge >= 0.3 is 0 Å². The molecule has 7 heteroatoms. The second kappa shape index (κ2) is 8.39. The van der Waals surface area contributed by atoms with Gasteiger partial charge in [0.05, 0.1) is 17.7 Å². The number of fused-ring (bicyclic) bond motifs is 3. The van der Waals surface area contributed by atoms with Crippen molar-refractivity contribution in [3.05, 3.63) is 60.2 Å². The average Bonchev–Trinajstić information content (AvgIpc) is 3.28. The molecule has 4 atom stereocenters. The molecular weight excluding hydrogens is 414 g/mol. The van der Waals surface area contributed by atoms with Crippen LogP contribution in [0.3, 0.4) is 0 Å². The van der Waals surface area contributed by atoms with E-state index < -0.39 is 12.2 Å². The summed E-state index contributed by atoms with van der Waals surface area (Å²) in [4.78, 5) is 13.3. The number of aryl methyl sites for hydroxylation is 2. The summed E-state index contributed by atoms with van der Waals surface area (Å²) < 4.78 is 1.99. The SMILES string of the molecule is O[C@@H]1[C@@H](CCc2ccc3cc4c(nc3c2)NCCCC4)C[C@@H](n2ccc3cncnc32)[C@@H]1O. The fourth-order valence-electron chi connectivity index (χ4n) is 5.58. The summed E-state index contributed by atoms with van der Waals surface area (Å²) in [5, 5.41) is 27.2. The number of benzene rings is 1. The fraction of sp³-hybridized carbons (Fsp3) is 0.423. The highest BCUT2D eigenvalue weighted by molar-refractivity contribution is 5.82. The first-order valence-corrected chi connectivity index (χ1v) is 12.0. The Morgan fingerprint density at radius 2 is 2.00 bits per heavy atom. The lowest BCUT2D eigenvalue weighted by molar-refractivity contribution is 0.00545. The minimum absolute atomic E-state index is 0.0293. The van der Waals surface area contributed by atoms with Crippen molar-refractivity contribution >= 4 is 27.8 Å². The molecule has 0 saturated heterocycles. The third kappa shape index (κ3) is 3.75. The van der Waals surface area contributed by atoms with E-state index in [1.807, 2.05) is 16.8 Å². The molecule has 1 aliphatic carbocycles. The zero-order chi connectivity index (χ0) is 22.4. The molecule has 4 heterocycles. The monoisotopic (exact) mass is 443 g/mol. The molecule has 0 spiro atoms. The second-order valence-electron chi connectivity index (χ2n) is 9.51. The Hall–Kier alpha value is -3.03. The van der Waals surface area contributed by atoms with Gasteiger partial charge in [0.25, 0.3) is 0 Å². The molecular formula is C26H29N5O2. The number of pyridine rings is 1. The van der Waals surface area contributed by atoms with Crippen molar-refractivity contribution in [2.75, 3.05) is 11.9 Å². The number of aliphatic hydroxyl groups is 2. The van der Waals surface area contributed by atoms with Crippen LogP contribution in [0.1, 0.15) is 42.9 Å². The van der Waals surface area contributed by atoms with Crippen molar-refractivity contribution < 1.29 is 10.2 Å². The smallest absolute Gasteiger partial charge is 0.143 e. The molecule has 7 nitrogen and oxygen atoms in total. The van der Waals surface area contributed by atoms with E-state index in [0.29, 0.717) is 0 Å². The predicted molar refractivity (Wildman–Crippen MR) is 128 cm³/mol. The third-order valence-corrected chi connectivity index (χ3v) is 7.44. The van der Waals surface area contributed by atoms with Crippen molar-refractivity contribution in [2.24, 2.45) is 5.92 Å². The van der Waals surface area contributed by atoms with Crippen molar-refractivity contribution in [2.45, 2.75) is 56.8 Å². The van der Waals surface area contributed by atoms with E-state index in [1.54, 1.807) is 6.20 Å². The van der Waals surface area contributed by atoms with Gasteiger partial charge in [-0.05, 0) is 73.8 Å². The highest BCUT2D eigenvalue weighted by Gasteiger charge is 2.42. The lowest BCUT2D eigenvalue weighted by Crippen LogP contribution is -2.29. The van der Waals surface area contributed by atoms with E-state index in [0.717, 1.165) is 54.6 Å². The Bertz CT molecular complexity index is 1300. The molecule has 6 rings (SSSR count). The Morgan fingerprint density at radius 3 is 2.94 bits per heavy atom. The molecule has 33 heavy (non-hydrogen) atoms. The van der Waals surface area contributed by atoms with E-state index in [2.05, 4.69) is 39.6 Å². The lowest BCUT2D eigenvalue weighted by atomic mass is 9.95. The topological polar surface area (TPSA) is 96.1 Å². The summed E-state index contributed by atoms with van der Waals surface area (Å²) in [5.41, 5.74) is 4.34. The van der Waals surface area contributed by atoms with Crippen LogP contribution in [0.15, 0.2) is 49.1 Å². The normalized spacial score (nSPS) is 25.2. The molecule has 3 aromatic heterocycles. The van der Waals surface area contributed by atoms with Gasteiger partial charge in [-0.3, -0.25) is 0 Å². The first-order valence-electron chi connectivity index (χ1n) is 12.0. The van der Waals surface area contributed by atoms with Gasteiger partial charge < -0.3 is 20.1 Å². The molecule has 3 N–H and O–H groups in total. The number of aliphatic hydroxyl groups excluding tert-OH is 2. The third-order valence-electron chi connectivity index (χ3n) is 7.44. The standard InChI is InChI=1S/C26H29N5O2/c32-23-18(13-22(24(23)33)31-10-8-20-14-27-15-29-26(20)31)7-5-16-4-6-17-12-19-3-1-2-9-28-25(19)30-21(17)11-16/h4,6,8,10-12,14-15,18,22-24,32-33H,1-3,5,7,9,13H2,(H,28,30)/t18-,22+,23+,24-/m0/s1. The van der Waals surface area contributed by atoms with Crippen molar-refractivity contribution in [1.82, 2.24) is 19.5 Å². The van der Waals surface area contributed by atoms with Crippen LogP contribution in [0.4, 0.5) is 5.82 Å². The van der Waals surface area contributed by atoms with Gasteiger partial charge in [0.2, 0.25) is 0 Å². The number of aromatic nitrogens is 4. The maximum absolute atomic E-state index is 10.8. The van der Waals surface area contributed by atoms with Crippen LogP contribution in [-0.2, 0) is 12.8 Å². The number of hydrogen-bond donors (Lipinski definition) is 3. The Kier molecular flexibility index (Phi) is 5.23. The number of nitrogens with one attached hydrogen (secondary N) is 1. The number of hydrogen-bond acceptors (Lipinski definition) is 6. The van der Waals surface area contributed by atoms with E-state index >= 15 is 0 Å². The molecule has 170 valence electrons. The van der Waals surface area contributed by atoms with Crippen LogP contribution in [0.2, 0.25) is 0 Å². The quantitative estimate of drug-likeness (QED) is 0.446. The van der Waals surface area contributed by atoms with Gasteiger partial charge in [-0.1, -0.05) is 12.1 Å². The number of anilines is 1. The maximum Gasteiger partial charge on any atom is 0.143 e. The average molecular weight is 444 g/mol. The minimum Gasteiger partial charge on any atom is -0.390 e. The summed E-state index contributed by atoms with van der Waals surface area (Å²) in [6.07, 6.45) is 9.54. The Labute approximate surface area is 192 Å². The molecule has 1 aliphatic heterocycles. The summed E-state index contributed by atoms with van der Waals surface area (Å²) in [6, 6.07) is 10.6. The van der Waals surface area contributed by atoms with Crippen LogP contribution in [0.25, 0.3) is 21.9 Å². The molecule has 1 fully saturated rings. The molecule has 0 amide bonds. The van der Waals surface area contributed by atoms with Crippen molar-refractivity contribution in [3.8, 4) is 0 Å². The van der Waals surface area contributed by atoms with E-state index in [9.17, 15) is 10.2 Å². The van der Waals surface area contributed by atoms with Gasteiger partial charge in [-0.2, -0.15) is 0 Å². The molecule has 1 aromatic carbocycles. The molecule has 1 saturated carbocycles. The summed E-state index contributed by atoms with van der Waals surface area (Å²) in [6.45, 7) is 0.983. The molecule has 2 aliphatic rings. The van der Waals surface area contributed by atoms with Gasteiger partial charge in [0.1, 0.15) is 23.9 Å². The molecule has 4 aromatic rings. The van der Waals surface area contributed by atoms with Gasteiger partial charge in [0, 0.05) is 29.7 Å². The highest BCUT2D eigenvalue weighted by atomic mass is 16.3. The summed E-state index contributed by atoms with van der Waals surface area (Å²) in [7, 11) is 0. The van der Waals surface area contributed by atoms with E-state index in [1.165, 1.54) is 35.7 Å². The van der Waals surface area contributed by atoms with Crippen LogP contribution < -0.4 is 5.32 Å². The first kappa shape index (κ1) is 20.6. The van der Waals surface area contributed by atoms with E-state index in [-0.39, 0.29) is 12.0 Å². The highest BCUT2D eigenvalue weighted by Crippen LogP contribution is 2.39. The lowest BCUT2D eigenvalue weighted by Gasteiger charge is -2.19. The number of rotatable bonds is 4. The molecule has 0 bridgehead atoms. The Morgan fingerprint density at radius 1 is 1.06 bits per heavy atom. The minimum atomic E-state index is -0.805. The van der Waals surface area contributed by atoms with Crippen molar-refractivity contribution in [3.63, 3.8) is 0 Å². The number of nitrogens with zero attached hydrogens (tertiary/aromatic N) is 4. The van der Waals surface area contributed by atoms with Crippen LogP contribution >= 0.6 is 0 Å². The predicted octanol–water partition coefficient (Wildman–Crippen LogP) is 3.64.